The Bertz CT molecular complexity index is 100.0. The van der Waals surface area contributed by atoms with Crippen molar-refractivity contribution in [3.8, 4) is 0 Å². The zero-order valence-corrected chi connectivity index (χ0v) is 25.9. The Hall–Kier alpha value is 7.07. The average Bonchev–Trinajstić information content (AvgIpc) is 1.41. The van der Waals surface area contributed by atoms with Crippen molar-refractivity contribution in [1.82, 2.24) is 0 Å². The van der Waals surface area contributed by atoms with E-state index in [1.807, 2.05) is 0 Å². The van der Waals surface area contributed by atoms with E-state index >= 15 is 0 Å². The van der Waals surface area contributed by atoms with Gasteiger partial charge < -0.3 is 0 Å². The predicted molar refractivity (Wildman–Crippen MR) is 0 cm³/mol. The molecule has 0 aromatic heterocycles. The van der Waals surface area contributed by atoms with Gasteiger partial charge in [-0.25, -0.2) is 0 Å². The van der Waals surface area contributed by atoms with Gasteiger partial charge in [-0.15, -0.1) is 0 Å². The van der Waals surface area contributed by atoms with Crippen LogP contribution >= 0.6 is 0 Å². The van der Waals surface area contributed by atoms with Gasteiger partial charge in [-0.3, -0.25) is 0 Å². The molecule has 0 heterocycles. The van der Waals surface area contributed by atoms with Crippen LogP contribution in [-0.2, 0) is 54.4 Å². The molecule has 0 aliphatic rings. The summed E-state index contributed by atoms with van der Waals surface area (Å²) in [6, 6.07) is 0. The minimum absolute atomic E-state index is 0. The molecule has 12 nitrogen and oxygen atoms in total. The Morgan fingerprint density at radius 2 is 0.263 bits per heavy atom. The van der Waals surface area contributed by atoms with Gasteiger partial charge in [-0.2, -0.15) is 0 Å². The van der Waals surface area contributed by atoms with E-state index < -0.39 is 54.4 Å². The molecule has 0 spiro atoms. The van der Waals surface area contributed by atoms with Gasteiger partial charge in [0.1, 0.15) is 0 Å². The van der Waals surface area contributed by atoms with Crippen LogP contribution in [0.15, 0.2) is 0 Å². The Kier molecular flexibility index (Phi) is 54.8. The van der Waals surface area contributed by atoms with Crippen LogP contribution in [-0.4, -0.2) is 0 Å². The van der Waals surface area contributed by atoms with Gasteiger partial charge in [0.25, 0.3) is 0 Å². The molecule has 0 unspecified atom stereocenters. The summed E-state index contributed by atoms with van der Waals surface area (Å²) in [5.41, 5.74) is 0. The summed E-state index contributed by atoms with van der Waals surface area (Å²) >= 11 is -18.0. The van der Waals surface area contributed by atoms with Crippen LogP contribution in [0.5, 0.6) is 0 Å². The van der Waals surface area contributed by atoms with Crippen LogP contribution in [0.25, 0.3) is 0 Å². The summed E-state index contributed by atoms with van der Waals surface area (Å²) in [6.07, 6.45) is 0. The first-order valence-electron chi connectivity index (χ1n) is 2.45. The minimum atomic E-state index is -6.00. The molecule has 4 radical (unpaired) electrons. The maximum absolute atomic E-state index is 8.62. The number of rotatable bonds is 0. The van der Waals surface area contributed by atoms with E-state index in [-0.39, 0.29) is 163 Å². The molecule has 0 atom stereocenters. The molecule has 0 rings (SSSR count). The fraction of sp³-hybridized carbons (Fsp3) is 0. The standard InChI is InChI=1S/4Nd.12O.3Ti/q4*+3;12*-1;;;. The molecule has 0 aliphatic heterocycles. The van der Waals surface area contributed by atoms with Crippen LogP contribution in [0.3, 0.4) is 0 Å². The third kappa shape index (κ3) is 267. The molecular formula is Nd4O12Ti3. The van der Waals surface area contributed by atoms with E-state index in [0.717, 1.165) is 0 Å². The SMILES string of the molecule is [Nd+3].[Nd+3].[Nd+3].[Nd+3].[O-][Ti]([O-])([O-])[O-].[O-][Ti]([O-])([O-])[O-].[O-][Ti]([O-])([O-])[O-]. The van der Waals surface area contributed by atoms with Crippen LogP contribution in [0.2, 0.25) is 0 Å². The summed E-state index contributed by atoms with van der Waals surface area (Å²) < 4.78 is 104. The van der Waals surface area contributed by atoms with Crippen molar-refractivity contribution >= 4 is 0 Å². The molecule has 0 saturated carbocycles. The Balaban J connectivity index is -0.0000000206. The van der Waals surface area contributed by atoms with Crippen molar-refractivity contribution in [3.05, 3.63) is 0 Å². The van der Waals surface area contributed by atoms with Crippen LogP contribution in [0, 0.1) is 163 Å². The molecule has 19 heavy (non-hydrogen) atoms. The maximum atomic E-state index is 8.62. The molecule has 0 aromatic carbocycles. The van der Waals surface area contributed by atoms with E-state index in [1.165, 1.54) is 0 Å². The summed E-state index contributed by atoms with van der Waals surface area (Å²) in [5, 5.41) is 0. The quantitative estimate of drug-likeness (QED) is 0.205. The van der Waals surface area contributed by atoms with Crippen molar-refractivity contribution in [1.29, 1.82) is 0 Å². The van der Waals surface area contributed by atoms with Crippen LogP contribution in [0.4, 0.5) is 0 Å². The van der Waals surface area contributed by atoms with Crippen molar-refractivity contribution in [2.75, 3.05) is 0 Å². The summed E-state index contributed by atoms with van der Waals surface area (Å²) in [7, 11) is 0. The molecule has 0 bridgehead atoms. The molecular weight excluding hydrogens is 913 g/mol. The van der Waals surface area contributed by atoms with E-state index in [0.29, 0.717) is 0 Å². The van der Waals surface area contributed by atoms with Gasteiger partial charge in [-0.1, -0.05) is 0 Å². The van der Waals surface area contributed by atoms with E-state index in [9.17, 15) is 0 Å². The zero-order valence-electron chi connectivity index (χ0n) is 8.40. The monoisotopic (exact) mass is 903 g/mol. The normalized spacial score (nSPS) is 9.47. The van der Waals surface area contributed by atoms with Crippen molar-refractivity contribution in [2.24, 2.45) is 0 Å². The first-order valence-corrected chi connectivity index (χ1v) is 10.1. The summed E-state index contributed by atoms with van der Waals surface area (Å²) in [4.78, 5) is 0. The second-order valence-corrected chi connectivity index (χ2v) is 6.18. The fourth-order valence-corrected chi connectivity index (χ4v) is 0. The predicted octanol–water partition coefficient (Wildman–Crippen LogP) is -14.3. The van der Waals surface area contributed by atoms with E-state index in [4.69, 9.17) is 44.3 Å². The fourth-order valence-electron chi connectivity index (χ4n) is 0. The molecule has 0 aromatic rings. The van der Waals surface area contributed by atoms with Gasteiger partial charge >= 0.3 is 262 Å². The third-order valence-electron chi connectivity index (χ3n) is 0. The first-order chi connectivity index (χ1) is 6.00. The van der Waals surface area contributed by atoms with Crippen LogP contribution in [0.1, 0.15) is 0 Å². The van der Waals surface area contributed by atoms with Gasteiger partial charge in [0, 0.05) is 0 Å². The first kappa shape index (κ1) is 45.1. The number of hydrogen-bond acceptors (Lipinski definition) is 12. The molecule has 0 aliphatic carbocycles. The van der Waals surface area contributed by atoms with Gasteiger partial charge in [-0.05, 0) is 0 Å². The molecule has 0 amide bonds. The van der Waals surface area contributed by atoms with Gasteiger partial charge in [0.2, 0.25) is 0 Å². The molecule has 19 heteroatoms. The van der Waals surface area contributed by atoms with Gasteiger partial charge in [0.05, 0.1) is 0 Å². The topological polar surface area (TPSA) is 277 Å². The van der Waals surface area contributed by atoms with Gasteiger partial charge in [0.15, 0.2) is 0 Å². The van der Waals surface area contributed by atoms with Crippen LogP contribution < -0.4 is 44.3 Å². The molecule has 100 valence electrons. The van der Waals surface area contributed by atoms with Crippen molar-refractivity contribution < 1.29 is 262 Å². The van der Waals surface area contributed by atoms with E-state index in [2.05, 4.69) is 0 Å². The average molecular weight is 913 g/mol. The second kappa shape index (κ2) is 23.1. The zero-order chi connectivity index (χ0) is 13.5. The Morgan fingerprint density at radius 3 is 0.263 bits per heavy atom. The van der Waals surface area contributed by atoms with Crippen molar-refractivity contribution in [2.45, 2.75) is 0 Å². The van der Waals surface area contributed by atoms with Crippen molar-refractivity contribution in [3.63, 3.8) is 0 Å². The Labute approximate surface area is 254 Å². The summed E-state index contributed by atoms with van der Waals surface area (Å²) in [5.74, 6) is 0. The number of hydrogen-bond donors (Lipinski definition) is 0. The third-order valence-corrected chi connectivity index (χ3v) is 0. The Morgan fingerprint density at radius 1 is 0.263 bits per heavy atom. The molecule has 0 N–H and O–H groups in total. The van der Waals surface area contributed by atoms with E-state index in [1.54, 1.807) is 0 Å². The molecule has 0 fully saturated rings. The second-order valence-electron chi connectivity index (χ2n) is 1.50. The summed E-state index contributed by atoms with van der Waals surface area (Å²) in [6.45, 7) is 0. The molecule has 0 saturated heterocycles.